The second kappa shape index (κ2) is 5.50. The standard InChI is InChI=1S/C16H17NO/c1-3-13-9-7-11-17(16(18)4-2)12-14-8-5-6-10-15(13)14/h3-6,8-10H,1-2,7,11-12H2/b13-9-. The zero-order chi connectivity index (χ0) is 13.0. The van der Waals surface area contributed by atoms with E-state index in [4.69, 9.17) is 0 Å². The zero-order valence-corrected chi connectivity index (χ0v) is 10.4. The third-order valence-corrected chi connectivity index (χ3v) is 3.16. The number of amides is 1. The van der Waals surface area contributed by atoms with Crippen molar-refractivity contribution in [3.8, 4) is 0 Å². The molecule has 18 heavy (non-hydrogen) atoms. The van der Waals surface area contributed by atoms with Crippen LogP contribution < -0.4 is 0 Å². The minimum Gasteiger partial charge on any atom is -0.335 e. The van der Waals surface area contributed by atoms with Crippen LogP contribution in [-0.2, 0) is 11.3 Å². The van der Waals surface area contributed by atoms with Crippen LogP contribution in [0.25, 0.3) is 5.57 Å². The van der Waals surface area contributed by atoms with Crippen LogP contribution >= 0.6 is 0 Å². The van der Waals surface area contributed by atoms with Gasteiger partial charge in [-0.25, -0.2) is 0 Å². The highest BCUT2D eigenvalue weighted by Crippen LogP contribution is 2.24. The van der Waals surface area contributed by atoms with Crippen LogP contribution in [0.5, 0.6) is 0 Å². The number of rotatable bonds is 2. The quantitative estimate of drug-likeness (QED) is 0.726. The van der Waals surface area contributed by atoms with Crippen LogP contribution in [0.15, 0.2) is 55.7 Å². The minimum absolute atomic E-state index is 0.0137. The summed E-state index contributed by atoms with van der Waals surface area (Å²) in [5.74, 6) is -0.0137. The van der Waals surface area contributed by atoms with E-state index in [1.54, 1.807) is 0 Å². The van der Waals surface area contributed by atoms with Crippen LogP contribution in [-0.4, -0.2) is 17.4 Å². The lowest BCUT2D eigenvalue weighted by Gasteiger charge is -2.24. The van der Waals surface area contributed by atoms with Gasteiger partial charge in [0.05, 0.1) is 0 Å². The van der Waals surface area contributed by atoms with E-state index in [0.29, 0.717) is 6.54 Å². The molecule has 2 nitrogen and oxygen atoms in total. The van der Waals surface area contributed by atoms with E-state index in [-0.39, 0.29) is 5.91 Å². The number of nitrogens with zero attached hydrogens (tertiary/aromatic N) is 1. The Morgan fingerprint density at radius 2 is 2.06 bits per heavy atom. The van der Waals surface area contributed by atoms with E-state index in [1.807, 2.05) is 23.1 Å². The summed E-state index contributed by atoms with van der Waals surface area (Å²) >= 11 is 0. The second-order valence-corrected chi connectivity index (χ2v) is 4.27. The third kappa shape index (κ3) is 2.43. The van der Waals surface area contributed by atoms with Gasteiger partial charge in [0.25, 0.3) is 0 Å². The predicted molar refractivity (Wildman–Crippen MR) is 74.8 cm³/mol. The molecule has 0 radical (unpaired) electrons. The van der Waals surface area contributed by atoms with Crippen LogP contribution in [0.1, 0.15) is 17.5 Å². The third-order valence-electron chi connectivity index (χ3n) is 3.16. The summed E-state index contributed by atoms with van der Waals surface area (Å²) in [6.07, 6.45) is 6.23. The summed E-state index contributed by atoms with van der Waals surface area (Å²) in [7, 11) is 0. The summed E-state index contributed by atoms with van der Waals surface area (Å²) < 4.78 is 0. The minimum atomic E-state index is -0.0137. The monoisotopic (exact) mass is 239 g/mol. The summed E-state index contributed by atoms with van der Waals surface area (Å²) in [5, 5.41) is 0. The summed E-state index contributed by atoms with van der Waals surface area (Å²) in [5.41, 5.74) is 3.46. The highest BCUT2D eigenvalue weighted by atomic mass is 16.2. The van der Waals surface area contributed by atoms with Crippen LogP contribution in [0.4, 0.5) is 0 Å². The van der Waals surface area contributed by atoms with Crippen LogP contribution in [0, 0.1) is 0 Å². The number of hydrogen-bond donors (Lipinski definition) is 0. The molecule has 0 N–H and O–H groups in total. The van der Waals surface area contributed by atoms with Gasteiger partial charge < -0.3 is 4.90 Å². The van der Waals surface area contributed by atoms with Crippen LogP contribution in [0.2, 0.25) is 0 Å². The van der Waals surface area contributed by atoms with Crippen molar-refractivity contribution < 1.29 is 4.79 Å². The van der Waals surface area contributed by atoms with Crippen molar-refractivity contribution in [3.63, 3.8) is 0 Å². The molecule has 0 aliphatic carbocycles. The molecule has 1 heterocycles. The van der Waals surface area contributed by atoms with Gasteiger partial charge in [0.2, 0.25) is 5.91 Å². The zero-order valence-electron chi connectivity index (χ0n) is 10.4. The van der Waals surface area contributed by atoms with E-state index in [1.165, 1.54) is 6.08 Å². The van der Waals surface area contributed by atoms with Crippen molar-refractivity contribution in [2.45, 2.75) is 13.0 Å². The number of benzene rings is 1. The van der Waals surface area contributed by atoms with E-state index >= 15 is 0 Å². The normalized spacial score (nSPS) is 17.8. The van der Waals surface area contributed by atoms with E-state index in [9.17, 15) is 4.79 Å². The maximum absolute atomic E-state index is 11.8. The molecule has 0 aromatic heterocycles. The average molecular weight is 239 g/mol. The topological polar surface area (TPSA) is 20.3 Å². The average Bonchev–Trinajstić information content (AvgIpc) is 2.39. The number of carbonyl (C=O) groups is 1. The summed E-state index contributed by atoms with van der Waals surface area (Å²) in [6.45, 7) is 8.76. The van der Waals surface area contributed by atoms with Gasteiger partial charge in [-0.15, -0.1) is 0 Å². The lowest BCUT2D eigenvalue weighted by atomic mass is 9.96. The molecule has 0 atom stereocenters. The smallest absolute Gasteiger partial charge is 0.246 e. The highest BCUT2D eigenvalue weighted by Gasteiger charge is 2.15. The molecule has 0 spiro atoms. The molecule has 2 rings (SSSR count). The fraction of sp³-hybridized carbons (Fsp3) is 0.188. The van der Waals surface area contributed by atoms with Gasteiger partial charge in [0.1, 0.15) is 0 Å². The first-order valence-electron chi connectivity index (χ1n) is 6.08. The molecule has 0 unspecified atom stereocenters. The van der Waals surface area contributed by atoms with E-state index < -0.39 is 0 Å². The first kappa shape index (κ1) is 12.4. The SMILES string of the molecule is C=CC(=O)N1CC/C=C(/C=C)c2ccccc2C1. The maximum atomic E-state index is 11.8. The summed E-state index contributed by atoms with van der Waals surface area (Å²) in [4.78, 5) is 13.6. The summed E-state index contributed by atoms with van der Waals surface area (Å²) in [6, 6.07) is 8.14. The number of allylic oxidation sites excluding steroid dienone is 2. The lowest BCUT2D eigenvalue weighted by molar-refractivity contribution is -0.126. The van der Waals surface area contributed by atoms with Gasteiger partial charge in [-0.05, 0) is 29.2 Å². The van der Waals surface area contributed by atoms with Crippen molar-refractivity contribution in [1.82, 2.24) is 4.90 Å². The largest absolute Gasteiger partial charge is 0.335 e. The molecule has 2 heteroatoms. The van der Waals surface area contributed by atoms with Gasteiger partial charge >= 0.3 is 0 Å². The Labute approximate surface area is 108 Å². The fourth-order valence-corrected chi connectivity index (χ4v) is 2.22. The van der Waals surface area contributed by atoms with Gasteiger partial charge in [-0.1, -0.05) is 49.6 Å². The fourth-order valence-electron chi connectivity index (χ4n) is 2.22. The Morgan fingerprint density at radius 3 is 2.78 bits per heavy atom. The predicted octanol–water partition coefficient (Wildman–Crippen LogP) is 3.17. The molecule has 0 saturated carbocycles. The van der Waals surface area contributed by atoms with Crippen molar-refractivity contribution in [2.24, 2.45) is 0 Å². The maximum Gasteiger partial charge on any atom is 0.246 e. The molecular formula is C16H17NO. The Morgan fingerprint density at radius 1 is 1.28 bits per heavy atom. The van der Waals surface area contributed by atoms with Crippen LogP contribution in [0.3, 0.4) is 0 Å². The molecule has 1 aliphatic rings. The van der Waals surface area contributed by atoms with E-state index in [0.717, 1.165) is 29.7 Å². The van der Waals surface area contributed by atoms with Gasteiger partial charge in [-0.3, -0.25) is 4.79 Å². The number of fused-ring (bicyclic) bond motifs is 1. The van der Waals surface area contributed by atoms with Gasteiger partial charge in [-0.2, -0.15) is 0 Å². The first-order valence-corrected chi connectivity index (χ1v) is 6.08. The van der Waals surface area contributed by atoms with Crippen molar-refractivity contribution in [2.75, 3.05) is 6.54 Å². The molecular weight excluding hydrogens is 222 g/mol. The van der Waals surface area contributed by atoms with Crippen molar-refractivity contribution in [1.29, 1.82) is 0 Å². The number of carbonyl (C=O) groups excluding carboxylic acids is 1. The van der Waals surface area contributed by atoms with E-state index in [2.05, 4.69) is 31.4 Å². The molecule has 0 bridgehead atoms. The van der Waals surface area contributed by atoms with Gasteiger partial charge in [0, 0.05) is 13.1 Å². The molecule has 1 aliphatic heterocycles. The molecule has 1 aromatic carbocycles. The Kier molecular flexibility index (Phi) is 3.78. The molecule has 1 aromatic rings. The second-order valence-electron chi connectivity index (χ2n) is 4.27. The number of hydrogen-bond acceptors (Lipinski definition) is 1. The van der Waals surface area contributed by atoms with Gasteiger partial charge in [0.15, 0.2) is 0 Å². The first-order chi connectivity index (χ1) is 8.76. The van der Waals surface area contributed by atoms with Crippen molar-refractivity contribution >= 4 is 11.5 Å². The molecule has 0 saturated heterocycles. The highest BCUT2D eigenvalue weighted by molar-refractivity contribution is 5.87. The Bertz CT molecular complexity index is 514. The van der Waals surface area contributed by atoms with Crippen molar-refractivity contribution in [3.05, 3.63) is 66.8 Å². The Hall–Kier alpha value is -2.09. The molecule has 92 valence electrons. The Balaban J connectivity index is 2.41. The lowest BCUT2D eigenvalue weighted by Crippen LogP contribution is -2.30. The molecule has 1 amide bonds. The molecule has 0 fully saturated rings.